The van der Waals surface area contributed by atoms with Crippen LogP contribution in [-0.4, -0.2) is 0 Å². The van der Waals surface area contributed by atoms with E-state index in [1.165, 1.54) is 129 Å². The van der Waals surface area contributed by atoms with Gasteiger partial charge in [0.25, 0.3) is 0 Å². The van der Waals surface area contributed by atoms with Crippen LogP contribution in [0.2, 0.25) is 0 Å². The fourth-order valence-electron chi connectivity index (χ4n) is 13.3. The molecule has 16 rings (SSSR count). The fraction of sp³-hybridized carbons (Fsp3) is 0.0390. The van der Waals surface area contributed by atoms with Crippen LogP contribution in [0.25, 0.3) is 106 Å². The summed E-state index contributed by atoms with van der Waals surface area (Å²) in [7, 11) is 0. The molecule has 0 saturated carbocycles. The maximum atomic E-state index is 2.50. The molecule has 0 aliphatic heterocycles. The molecule has 0 fully saturated rings. The highest BCUT2D eigenvalue weighted by Crippen LogP contribution is 2.57. The van der Waals surface area contributed by atoms with Crippen LogP contribution in [0, 0.1) is 0 Å². The minimum atomic E-state index is -0.362. The van der Waals surface area contributed by atoms with Crippen LogP contribution in [0.1, 0.15) is 25.0 Å². The summed E-state index contributed by atoms with van der Waals surface area (Å²) in [5.41, 5.74) is 19.2. The van der Waals surface area contributed by atoms with Crippen molar-refractivity contribution in [3.8, 4) is 44.5 Å². The van der Waals surface area contributed by atoms with Crippen molar-refractivity contribution < 1.29 is 0 Å². The maximum absolute atomic E-state index is 2.50. The first kappa shape index (κ1) is 47.4. The monoisotopic (exact) mass is 1070 g/mol. The summed E-state index contributed by atoms with van der Waals surface area (Å²) in [6, 6.07) is 103. The highest BCUT2D eigenvalue weighted by Gasteiger charge is 2.37. The third-order valence-electron chi connectivity index (χ3n) is 17.0. The standard InChI is InChI=1S/C77H52N2S2/c1-77(2)66-40-20-35-58-65-47-54(78(52-29-14-6-15-30-52)68-41-21-38-62-60-36-18-33-56(73(60)80-75(62)68)49-23-8-3-9-24-49)43-45-59(65)70(51-27-12-5-13-28-51)72(71(58)66)64-46-44-55(48-67(64)77)79(53-31-16-7-17-32-53)69-42-22-39-63-61-37-19-34-57(74(61)81-76(63)69)50-25-10-4-11-26-50/h3-48H,1-2H3. The van der Waals surface area contributed by atoms with Gasteiger partial charge in [0.1, 0.15) is 0 Å². The van der Waals surface area contributed by atoms with E-state index in [-0.39, 0.29) is 5.41 Å². The SMILES string of the molecule is CC1(C)c2cc(N(c3ccccc3)c3cccc4c3sc3c(-c5ccccc5)cccc34)ccc2-c2c(-c3ccccc3)c3ccc(N(c4ccccc4)c4cccc5c4sc4c(-c6ccccc6)cccc45)cc3c3cccc1c23. The summed E-state index contributed by atoms with van der Waals surface area (Å²) in [6.45, 7) is 4.87. The predicted molar refractivity (Wildman–Crippen MR) is 350 cm³/mol. The lowest BCUT2D eigenvalue weighted by atomic mass is 9.66. The van der Waals surface area contributed by atoms with Gasteiger partial charge in [-0.2, -0.15) is 0 Å². The van der Waals surface area contributed by atoms with Crippen molar-refractivity contribution in [3.05, 3.63) is 290 Å². The topological polar surface area (TPSA) is 6.48 Å². The second kappa shape index (κ2) is 18.8. The van der Waals surface area contributed by atoms with Crippen molar-refractivity contribution >= 4 is 119 Å². The first-order chi connectivity index (χ1) is 40.0. The quantitative estimate of drug-likeness (QED) is 0.133. The molecule has 2 heterocycles. The van der Waals surface area contributed by atoms with Gasteiger partial charge < -0.3 is 9.80 Å². The zero-order valence-electron chi connectivity index (χ0n) is 44.8. The molecule has 0 unspecified atom stereocenters. The molecular formula is C77H52N2S2. The van der Waals surface area contributed by atoms with Gasteiger partial charge in [-0.15, -0.1) is 22.7 Å². The van der Waals surface area contributed by atoms with Gasteiger partial charge in [-0.25, -0.2) is 0 Å². The summed E-state index contributed by atoms with van der Waals surface area (Å²) < 4.78 is 5.15. The number of fused-ring (bicyclic) bond motifs is 10. The van der Waals surface area contributed by atoms with Crippen molar-refractivity contribution in [2.45, 2.75) is 19.3 Å². The van der Waals surface area contributed by atoms with Crippen molar-refractivity contribution in [2.75, 3.05) is 9.80 Å². The van der Waals surface area contributed by atoms with Crippen LogP contribution >= 0.6 is 22.7 Å². The van der Waals surface area contributed by atoms with Crippen LogP contribution in [0.5, 0.6) is 0 Å². The first-order valence-electron chi connectivity index (χ1n) is 27.9. The zero-order valence-corrected chi connectivity index (χ0v) is 46.4. The minimum Gasteiger partial charge on any atom is -0.309 e. The highest BCUT2D eigenvalue weighted by atomic mass is 32.1. The van der Waals surface area contributed by atoms with Crippen molar-refractivity contribution in [1.29, 1.82) is 0 Å². The average Bonchev–Trinajstić information content (AvgIpc) is 4.20. The van der Waals surface area contributed by atoms with E-state index >= 15 is 0 Å². The molecule has 0 atom stereocenters. The molecule has 382 valence electrons. The molecule has 13 aromatic carbocycles. The fourth-order valence-corrected chi connectivity index (χ4v) is 16.0. The number of thiophene rings is 2. The van der Waals surface area contributed by atoms with Gasteiger partial charge in [0.05, 0.1) is 20.8 Å². The molecule has 0 saturated heterocycles. The van der Waals surface area contributed by atoms with Gasteiger partial charge in [0.2, 0.25) is 0 Å². The van der Waals surface area contributed by atoms with Crippen molar-refractivity contribution in [1.82, 2.24) is 0 Å². The second-order valence-corrected chi connectivity index (χ2v) is 23.9. The molecule has 2 aromatic heterocycles. The van der Waals surface area contributed by atoms with E-state index < -0.39 is 0 Å². The molecule has 4 heteroatoms. The summed E-state index contributed by atoms with van der Waals surface area (Å²) in [5, 5.41) is 10.2. The van der Waals surface area contributed by atoms with E-state index in [0.717, 1.165) is 22.7 Å². The number of hydrogen-bond acceptors (Lipinski definition) is 4. The van der Waals surface area contributed by atoms with E-state index in [0.29, 0.717) is 0 Å². The van der Waals surface area contributed by atoms with Gasteiger partial charge in [-0.05, 0) is 138 Å². The highest BCUT2D eigenvalue weighted by molar-refractivity contribution is 7.27. The Kier molecular flexibility index (Phi) is 11.0. The normalized spacial score (nSPS) is 12.7. The molecule has 0 amide bonds. The Bertz CT molecular complexity index is 4950. The third-order valence-corrected chi connectivity index (χ3v) is 19.6. The van der Waals surface area contributed by atoms with E-state index in [4.69, 9.17) is 0 Å². The van der Waals surface area contributed by atoms with Crippen LogP contribution in [0.3, 0.4) is 0 Å². The van der Waals surface area contributed by atoms with Gasteiger partial charge >= 0.3 is 0 Å². The van der Waals surface area contributed by atoms with Gasteiger partial charge in [0.15, 0.2) is 0 Å². The Balaban J connectivity index is 0.911. The summed E-state index contributed by atoms with van der Waals surface area (Å²) in [4.78, 5) is 4.98. The Hall–Kier alpha value is -9.58. The smallest absolute Gasteiger partial charge is 0.0640 e. The van der Waals surface area contributed by atoms with Crippen molar-refractivity contribution in [2.24, 2.45) is 0 Å². The lowest BCUT2D eigenvalue weighted by Gasteiger charge is -2.38. The largest absolute Gasteiger partial charge is 0.309 e. The molecule has 1 aliphatic carbocycles. The number of nitrogens with zero attached hydrogens (tertiary/aromatic N) is 2. The Labute approximate surface area is 479 Å². The Morgan fingerprint density at radius 3 is 1.23 bits per heavy atom. The molecule has 81 heavy (non-hydrogen) atoms. The molecule has 0 spiro atoms. The molecule has 0 N–H and O–H groups in total. The molecule has 1 aliphatic rings. The Morgan fingerprint density at radius 2 is 0.704 bits per heavy atom. The lowest BCUT2D eigenvalue weighted by molar-refractivity contribution is 0.645. The van der Waals surface area contributed by atoms with Crippen LogP contribution in [0.15, 0.2) is 279 Å². The summed E-state index contributed by atoms with van der Waals surface area (Å²) in [5.74, 6) is 0. The van der Waals surface area contributed by atoms with E-state index in [2.05, 4.69) is 303 Å². The van der Waals surface area contributed by atoms with Crippen LogP contribution in [-0.2, 0) is 5.41 Å². The number of anilines is 6. The molecule has 0 radical (unpaired) electrons. The Morgan fingerprint density at radius 1 is 0.272 bits per heavy atom. The zero-order chi connectivity index (χ0) is 53.8. The molecule has 0 bridgehead atoms. The average molecular weight is 1070 g/mol. The third kappa shape index (κ3) is 7.45. The number of para-hydroxylation sites is 2. The summed E-state index contributed by atoms with van der Waals surface area (Å²) in [6.07, 6.45) is 0. The molecule has 2 nitrogen and oxygen atoms in total. The number of hydrogen-bond donors (Lipinski definition) is 0. The minimum absolute atomic E-state index is 0.362. The van der Waals surface area contributed by atoms with Gasteiger partial charge in [-0.3, -0.25) is 0 Å². The number of benzene rings is 13. The maximum Gasteiger partial charge on any atom is 0.0640 e. The first-order valence-corrected chi connectivity index (χ1v) is 29.5. The van der Waals surface area contributed by atoms with Crippen LogP contribution in [0.4, 0.5) is 34.1 Å². The molecule has 15 aromatic rings. The summed E-state index contributed by atoms with van der Waals surface area (Å²) >= 11 is 3.80. The molecular weight excluding hydrogens is 1020 g/mol. The van der Waals surface area contributed by atoms with Crippen molar-refractivity contribution in [3.63, 3.8) is 0 Å². The van der Waals surface area contributed by atoms with Crippen LogP contribution < -0.4 is 9.80 Å². The van der Waals surface area contributed by atoms with E-state index in [1.54, 1.807) is 0 Å². The predicted octanol–water partition coefficient (Wildman–Crippen LogP) is 23.0. The van der Waals surface area contributed by atoms with E-state index in [1.807, 2.05) is 22.7 Å². The van der Waals surface area contributed by atoms with Gasteiger partial charge in [-0.1, -0.05) is 232 Å². The second-order valence-electron chi connectivity index (χ2n) is 21.9. The van der Waals surface area contributed by atoms with E-state index in [9.17, 15) is 0 Å². The van der Waals surface area contributed by atoms with Gasteiger partial charge in [0, 0.05) is 59.1 Å². The number of rotatable bonds is 9. The lowest BCUT2D eigenvalue weighted by Crippen LogP contribution is -2.24.